The smallest absolute Gasteiger partial charge is 0.347 e. The quantitative estimate of drug-likeness (QED) is 0.489. The van der Waals surface area contributed by atoms with Crippen molar-refractivity contribution in [2.75, 3.05) is 0 Å². The lowest BCUT2D eigenvalue weighted by atomic mass is 9.79. The molecular weight excluding hydrogens is 368 g/mol. The van der Waals surface area contributed by atoms with E-state index in [4.69, 9.17) is 14.2 Å². The van der Waals surface area contributed by atoms with E-state index in [-0.39, 0.29) is 23.0 Å². The van der Waals surface area contributed by atoms with E-state index in [0.29, 0.717) is 5.56 Å². The molecule has 1 spiro atoms. The Balaban J connectivity index is 1.73. The van der Waals surface area contributed by atoms with Crippen LogP contribution < -0.4 is 9.47 Å². The molecular formula is C20H20O8. The second-order valence-electron chi connectivity index (χ2n) is 8.12. The highest BCUT2D eigenvalue weighted by atomic mass is 16.8. The Bertz CT molecular complexity index is 969. The third-order valence-corrected chi connectivity index (χ3v) is 6.57. The summed E-state index contributed by atoms with van der Waals surface area (Å²) < 4.78 is 17.3. The summed E-state index contributed by atoms with van der Waals surface area (Å²) in [5, 5.41) is 33.3. The summed E-state index contributed by atoms with van der Waals surface area (Å²) in [5.74, 6) is -4.51. The minimum absolute atomic E-state index is 0.0246. The molecule has 8 nitrogen and oxygen atoms in total. The first-order chi connectivity index (χ1) is 13.1. The summed E-state index contributed by atoms with van der Waals surface area (Å²) in [6.45, 7) is 4.73. The van der Waals surface area contributed by atoms with Gasteiger partial charge in [0.05, 0.1) is 5.92 Å². The number of fused-ring (bicyclic) bond motifs is 3. The molecule has 28 heavy (non-hydrogen) atoms. The summed E-state index contributed by atoms with van der Waals surface area (Å²) >= 11 is 0. The molecule has 2 aliphatic carbocycles. The van der Waals surface area contributed by atoms with Crippen LogP contribution in [0.2, 0.25) is 0 Å². The molecule has 8 heteroatoms. The standard InChI is InChI=1S/C20H20O8/c1-8-4-5-11-15(12(8)14(22)10(3)21)28-20(27-11)18(24)7-6-9(2)13-16(18)26-17(23)19(13,20)25/h4-7,9,13-14,16,22,24-25H,1-3H3/t9-,13-,14-,16-,18-,19+,20-/m1/s1. The van der Waals surface area contributed by atoms with Gasteiger partial charge >= 0.3 is 11.8 Å². The van der Waals surface area contributed by atoms with Gasteiger partial charge in [-0.3, -0.25) is 4.79 Å². The number of allylic oxidation sites excluding steroid dienone is 1. The van der Waals surface area contributed by atoms with Gasteiger partial charge in [0, 0.05) is 5.56 Å². The highest BCUT2D eigenvalue weighted by Crippen LogP contribution is 2.66. The van der Waals surface area contributed by atoms with E-state index in [1.54, 1.807) is 32.1 Å². The van der Waals surface area contributed by atoms with Crippen molar-refractivity contribution in [2.45, 2.75) is 50.0 Å². The van der Waals surface area contributed by atoms with E-state index in [2.05, 4.69) is 0 Å². The van der Waals surface area contributed by atoms with E-state index in [1.807, 2.05) is 0 Å². The zero-order valence-corrected chi connectivity index (χ0v) is 15.5. The van der Waals surface area contributed by atoms with E-state index in [1.165, 1.54) is 13.0 Å². The molecule has 148 valence electrons. The van der Waals surface area contributed by atoms with E-state index in [0.717, 1.165) is 0 Å². The first-order valence-electron chi connectivity index (χ1n) is 9.13. The number of aryl methyl sites for hydroxylation is 1. The topological polar surface area (TPSA) is 123 Å². The molecule has 4 aliphatic rings. The van der Waals surface area contributed by atoms with Crippen molar-refractivity contribution >= 4 is 11.8 Å². The van der Waals surface area contributed by atoms with Crippen LogP contribution in [0.1, 0.15) is 31.1 Å². The fourth-order valence-electron chi connectivity index (χ4n) is 5.17. The first-order valence-corrected chi connectivity index (χ1v) is 9.13. The molecule has 1 aromatic carbocycles. The van der Waals surface area contributed by atoms with Gasteiger partial charge in [0.25, 0.3) is 5.60 Å². The van der Waals surface area contributed by atoms with Crippen LogP contribution in [0.5, 0.6) is 11.5 Å². The van der Waals surface area contributed by atoms with Crippen LogP contribution in [0.4, 0.5) is 0 Å². The van der Waals surface area contributed by atoms with Crippen molar-refractivity contribution in [3.63, 3.8) is 0 Å². The van der Waals surface area contributed by atoms with Crippen molar-refractivity contribution in [1.29, 1.82) is 0 Å². The van der Waals surface area contributed by atoms with Crippen LogP contribution in [0, 0.1) is 18.8 Å². The first kappa shape index (κ1) is 17.7. The number of ketones is 1. The summed E-state index contributed by atoms with van der Waals surface area (Å²) in [7, 11) is 0. The average molecular weight is 388 g/mol. The van der Waals surface area contributed by atoms with Crippen molar-refractivity contribution in [1.82, 2.24) is 0 Å². The highest BCUT2D eigenvalue weighted by Gasteiger charge is 2.91. The van der Waals surface area contributed by atoms with Crippen LogP contribution in [0.25, 0.3) is 0 Å². The maximum Gasteiger partial charge on any atom is 0.347 e. The molecule has 2 heterocycles. The third-order valence-electron chi connectivity index (χ3n) is 6.57. The Hall–Kier alpha value is -2.42. The fourth-order valence-corrected chi connectivity index (χ4v) is 5.17. The lowest BCUT2D eigenvalue weighted by Crippen LogP contribution is -2.73. The van der Waals surface area contributed by atoms with Gasteiger partial charge in [0.15, 0.2) is 17.3 Å². The Morgan fingerprint density at radius 1 is 1.25 bits per heavy atom. The minimum atomic E-state index is -2.26. The second-order valence-corrected chi connectivity index (χ2v) is 8.12. The monoisotopic (exact) mass is 388 g/mol. The number of carbonyl (C=O) groups excluding carboxylic acids is 2. The van der Waals surface area contributed by atoms with Crippen molar-refractivity contribution in [2.24, 2.45) is 11.8 Å². The molecule has 7 atom stereocenters. The number of rotatable bonds is 2. The van der Waals surface area contributed by atoms with Crippen LogP contribution in [0.15, 0.2) is 24.3 Å². The van der Waals surface area contributed by atoms with Gasteiger partial charge in [-0.1, -0.05) is 19.1 Å². The summed E-state index contributed by atoms with van der Waals surface area (Å²) in [6, 6.07) is 3.18. The minimum Gasteiger partial charge on any atom is -0.456 e. The highest BCUT2D eigenvalue weighted by molar-refractivity contribution is 5.88. The number of Topliss-reactive ketones (excluding diaryl/α,β-unsaturated/α-hetero) is 1. The summed E-state index contributed by atoms with van der Waals surface area (Å²) in [5.41, 5.74) is -3.45. The Kier molecular flexibility index (Phi) is 3.12. The zero-order valence-electron chi connectivity index (χ0n) is 15.5. The molecule has 5 rings (SSSR count). The SMILES string of the molecule is CC(=O)[C@@H](O)c1c(C)ccc2c1O[C@]1(O2)[C@@]2(O)C=C[C@@H](C)[C@@H]3[C@H]2OC(=O)[C@@]31O. The molecule has 0 amide bonds. The lowest BCUT2D eigenvalue weighted by Gasteiger charge is -2.44. The fraction of sp³-hybridized carbons (Fsp3) is 0.500. The van der Waals surface area contributed by atoms with Gasteiger partial charge in [-0.05, 0) is 37.5 Å². The molecule has 1 aromatic rings. The van der Waals surface area contributed by atoms with Crippen molar-refractivity contribution in [3.8, 4) is 11.5 Å². The predicted octanol–water partition coefficient (Wildman–Crippen LogP) is 0.308. The number of benzene rings is 1. The van der Waals surface area contributed by atoms with Gasteiger partial charge in [0.2, 0.25) is 5.60 Å². The Morgan fingerprint density at radius 2 is 1.96 bits per heavy atom. The molecule has 3 N–H and O–H groups in total. The summed E-state index contributed by atoms with van der Waals surface area (Å²) in [6.07, 6.45) is 0.608. The molecule has 4 bridgehead atoms. The number of ether oxygens (including phenoxy) is 3. The van der Waals surface area contributed by atoms with Crippen molar-refractivity contribution < 1.29 is 39.1 Å². The number of carbonyl (C=O) groups is 2. The molecule has 1 saturated heterocycles. The third kappa shape index (κ3) is 1.60. The number of aliphatic hydroxyl groups excluding tert-OH is 1. The van der Waals surface area contributed by atoms with Gasteiger partial charge in [-0.25, -0.2) is 4.79 Å². The molecule has 0 aromatic heterocycles. The maximum atomic E-state index is 12.6. The molecule has 2 aliphatic heterocycles. The van der Waals surface area contributed by atoms with Gasteiger partial charge in [-0.15, -0.1) is 0 Å². The van der Waals surface area contributed by atoms with E-state index < -0.39 is 46.9 Å². The van der Waals surface area contributed by atoms with E-state index in [9.17, 15) is 24.9 Å². The van der Waals surface area contributed by atoms with Gasteiger partial charge in [0.1, 0.15) is 12.2 Å². The van der Waals surface area contributed by atoms with Crippen LogP contribution in [-0.2, 0) is 14.3 Å². The largest absolute Gasteiger partial charge is 0.456 e. The van der Waals surface area contributed by atoms with Crippen LogP contribution >= 0.6 is 0 Å². The second kappa shape index (κ2) is 4.94. The average Bonchev–Trinajstić information content (AvgIpc) is 3.19. The number of hydrogen-bond acceptors (Lipinski definition) is 8. The van der Waals surface area contributed by atoms with Gasteiger partial charge < -0.3 is 29.5 Å². The Labute approximate surface area is 160 Å². The number of esters is 1. The normalized spacial score (nSPS) is 42.8. The molecule has 1 saturated carbocycles. The Morgan fingerprint density at radius 3 is 2.61 bits per heavy atom. The van der Waals surface area contributed by atoms with Gasteiger partial charge in [-0.2, -0.15) is 0 Å². The maximum absolute atomic E-state index is 12.6. The summed E-state index contributed by atoms with van der Waals surface area (Å²) in [4.78, 5) is 24.4. The molecule has 0 radical (unpaired) electrons. The molecule has 2 fully saturated rings. The molecule has 0 unspecified atom stereocenters. The lowest BCUT2D eigenvalue weighted by molar-refractivity contribution is -0.288. The van der Waals surface area contributed by atoms with E-state index >= 15 is 0 Å². The van der Waals surface area contributed by atoms with Crippen LogP contribution in [-0.4, -0.2) is 50.2 Å². The number of hydrogen-bond donors (Lipinski definition) is 3. The number of aliphatic hydroxyl groups is 3. The van der Waals surface area contributed by atoms with Crippen molar-refractivity contribution in [3.05, 3.63) is 35.4 Å². The zero-order chi connectivity index (χ0) is 20.2. The van der Waals surface area contributed by atoms with Crippen LogP contribution in [0.3, 0.4) is 0 Å². The predicted molar refractivity (Wildman–Crippen MR) is 92.4 cm³/mol.